The molecule has 0 aliphatic carbocycles. The van der Waals surface area contributed by atoms with Crippen LogP contribution in [0.4, 0.5) is 4.79 Å². The largest absolute Gasteiger partial charge is 0.480 e. The van der Waals surface area contributed by atoms with Crippen molar-refractivity contribution in [3.05, 3.63) is 0 Å². The minimum Gasteiger partial charge on any atom is -0.480 e. The van der Waals surface area contributed by atoms with Crippen LogP contribution in [-0.2, 0) is 9.53 Å². The fourth-order valence-electron chi connectivity index (χ4n) is 1.39. The molecular weight excluding hydrogens is 256 g/mol. The van der Waals surface area contributed by atoms with Crippen molar-refractivity contribution in [2.45, 2.75) is 31.8 Å². The molecule has 1 unspecified atom stereocenters. The number of carbonyl (C=O) groups is 2. The van der Waals surface area contributed by atoms with Crippen molar-refractivity contribution in [2.24, 2.45) is 0 Å². The van der Waals surface area contributed by atoms with Crippen LogP contribution in [-0.4, -0.2) is 54.4 Å². The van der Waals surface area contributed by atoms with Gasteiger partial charge in [-0.25, -0.2) is 9.59 Å². The summed E-state index contributed by atoms with van der Waals surface area (Å²) in [7, 11) is 1.54. The molecule has 2 amide bonds. The Morgan fingerprint density at radius 1 is 1.44 bits per heavy atom. The third-order valence-electron chi connectivity index (χ3n) is 2.17. The molecule has 1 atom stereocenters. The normalized spacial score (nSPS) is 12.9. The van der Waals surface area contributed by atoms with E-state index >= 15 is 0 Å². The molecule has 0 fully saturated rings. The van der Waals surface area contributed by atoms with Crippen molar-refractivity contribution in [1.29, 1.82) is 0 Å². The second-order valence-electron chi connectivity index (χ2n) is 4.59. The number of ether oxygens (including phenoxy) is 1. The monoisotopic (exact) mass is 278 g/mol. The Balaban J connectivity index is 4.29. The van der Waals surface area contributed by atoms with E-state index in [0.717, 1.165) is 0 Å². The Kier molecular flexibility index (Phi) is 7.77. The molecule has 0 aromatic rings. The molecule has 0 bridgehead atoms. The van der Waals surface area contributed by atoms with Crippen molar-refractivity contribution >= 4 is 23.8 Å². The molecule has 106 valence electrons. The SMILES string of the molecule is COCC(C)(C)NC(=O)NC(CCSC)C(=O)O. The number of hydrogen-bond donors (Lipinski definition) is 3. The Bertz CT molecular complexity index is 284. The highest BCUT2D eigenvalue weighted by molar-refractivity contribution is 7.98. The van der Waals surface area contributed by atoms with Gasteiger partial charge in [0.15, 0.2) is 0 Å². The van der Waals surface area contributed by atoms with Crippen LogP contribution in [0.25, 0.3) is 0 Å². The molecular formula is C11H22N2O4S. The topological polar surface area (TPSA) is 87.7 Å². The van der Waals surface area contributed by atoms with Crippen LogP contribution in [0.3, 0.4) is 0 Å². The lowest BCUT2D eigenvalue weighted by Crippen LogP contribution is -2.54. The number of hydrogen-bond acceptors (Lipinski definition) is 4. The number of carboxylic acid groups (broad SMARTS) is 1. The van der Waals surface area contributed by atoms with Crippen molar-refractivity contribution in [3.63, 3.8) is 0 Å². The average Bonchev–Trinajstić information content (AvgIpc) is 2.22. The highest BCUT2D eigenvalue weighted by Crippen LogP contribution is 2.04. The summed E-state index contributed by atoms with van der Waals surface area (Å²) in [5.41, 5.74) is -0.540. The number of nitrogens with one attached hydrogen (secondary N) is 2. The Hall–Kier alpha value is -0.950. The summed E-state index contributed by atoms with van der Waals surface area (Å²) >= 11 is 1.54. The number of amides is 2. The van der Waals surface area contributed by atoms with Crippen LogP contribution < -0.4 is 10.6 Å². The molecule has 0 rings (SSSR count). The Labute approximate surface area is 112 Å². The van der Waals surface area contributed by atoms with E-state index in [9.17, 15) is 9.59 Å². The van der Waals surface area contributed by atoms with Crippen molar-refractivity contribution in [1.82, 2.24) is 10.6 Å². The van der Waals surface area contributed by atoms with Crippen LogP contribution in [0.5, 0.6) is 0 Å². The summed E-state index contributed by atoms with van der Waals surface area (Å²) < 4.78 is 4.96. The third-order valence-corrected chi connectivity index (χ3v) is 2.82. The lowest BCUT2D eigenvalue weighted by atomic mass is 10.1. The molecule has 0 heterocycles. The van der Waals surface area contributed by atoms with E-state index in [0.29, 0.717) is 18.8 Å². The number of thioether (sulfide) groups is 1. The van der Waals surface area contributed by atoms with Crippen molar-refractivity contribution in [2.75, 3.05) is 25.7 Å². The highest BCUT2D eigenvalue weighted by Gasteiger charge is 2.24. The average molecular weight is 278 g/mol. The van der Waals surface area contributed by atoms with E-state index < -0.39 is 23.6 Å². The lowest BCUT2D eigenvalue weighted by Gasteiger charge is -2.26. The number of aliphatic carboxylic acids is 1. The van der Waals surface area contributed by atoms with Gasteiger partial charge in [-0.2, -0.15) is 11.8 Å². The van der Waals surface area contributed by atoms with Gasteiger partial charge in [0.25, 0.3) is 0 Å². The highest BCUT2D eigenvalue weighted by atomic mass is 32.2. The summed E-state index contributed by atoms with van der Waals surface area (Å²) in [6.07, 6.45) is 2.29. The van der Waals surface area contributed by atoms with Crippen molar-refractivity contribution < 1.29 is 19.4 Å². The van der Waals surface area contributed by atoms with E-state index in [-0.39, 0.29) is 0 Å². The quantitative estimate of drug-likeness (QED) is 0.614. The fourth-order valence-corrected chi connectivity index (χ4v) is 1.86. The van der Waals surface area contributed by atoms with Crippen LogP contribution in [0.1, 0.15) is 20.3 Å². The number of carboxylic acids is 1. The molecule has 6 nitrogen and oxygen atoms in total. The minimum absolute atomic E-state index is 0.350. The van der Waals surface area contributed by atoms with Crippen LogP contribution >= 0.6 is 11.8 Å². The molecule has 7 heteroatoms. The van der Waals surface area contributed by atoms with Gasteiger partial charge in [0.05, 0.1) is 12.1 Å². The van der Waals surface area contributed by atoms with Crippen molar-refractivity contribution in [3.8, 4) is 0 Å². The van der Waals surface area contributed by atoms with Gasteiger partial charge in [0, 0.05) is 7.11 Å². The number of carbonyl (C=O) groups excluding carboxylic acids is 1. The van der Waals surface area contributed by atoms with Gasteiger partial charge in [-0.05, 0) is 32.3 Å². The van der Waals surface area contributed by atoms with Gasteiger partial charge in [-0.1, -0.05) is 0 Å². The number of rotatable bonds is 8. The zero-order valence-electron chi connectivity index (χ0n) is 11.3. The van der Waals surface area contributed by atoms with Gasteiger partial charge >= 0.3 is 12.0 Å². The summed E-state index contributed by atoms with van der Waals surface area (Å²) in [4.78, 5) is 22.6. The first kappa shape index (κ1) is 17.1. The van der Waals surface area contributed by atoms with E-state index in [2.05, 4.69) is 10.6 Å². The maximum absolute atomic E-state index is 11.7. The third kappa shape index (κ3) is 7.39. The van der Waals surface area contributed by atoms with E-state index in [1.807, 2.05) is 6.26 Å². The first-order valence-corrected chi connectivity index (χ1v) is 7.01. The second-order valence-corrected chi connectivity index (χ2v) is 5.57. The maximum Gasteiger partial charge on any atom is 0.326 e. The first-order chi connectivity index (χ1) is 8.32. The molecule has 0 aliphatic heterocycles. The van der Waals surface area contributed by atoms with Gasteiger partial charge in [0.2, 0.25) is 0 Å². The summed E-state index contributed by atoms with van der Waals surface area (Å²) in [6.45, 7) is 3.95. The molecule has 0 saturated carbocycles. The summed E-state index contributed by atoms with van der Waals surface area (Å²) in [6, 6.07) is -1.36. The number of urea groups is 1. The van der Waals surface area contributed by atoms with Crippen LogP contribution in [0, 0.1) is 0 Å². The molecule has 18 heavy (non-hydrogen) atoms. The smallest absolute Gasteiger partial charge is 0.326 e. The van der Waals surface area contributed by atoms with Crippen LogP contribution in [0.2, 0.25) is 0 Å². The molecule has 0 radical (unpaired) electrons. The molecule has 0 aromatic heterocycles. The predicted molar refractivity (Wildman–Crippen MR) is 72.0 cm³/mol. The van der Waals surface area contributed by atoms with Gasteiger partial charge in [-0.15, -0.1) is 0 Å². The fraction of sp³-hybridized carbons (Fsp3) is 0.818. The summed E-state index contributed by atoms with van der Waals surface area (Å²) in [5, 5.41) is 14.1. The maximum atomic E-state index is 11.7. The zero-order valence-corrected chi connectivity index (χ0v) is 12.1. The van der Waals surface area contributed by atoms with E-state index in [4.69, 9.17) is 9.84 Å². The Morgan fingerprint density at radius 3 is 2.50 bits per heavy atom. The van der Waals surface area contributed by atoms with Gasteiger partial charge in [0.1, 0.15) is 6.04 Å². The standard InChI is InChI=1S/C11H22N2O4S/c1-11(2,7-17-3)13-10(16)12-8(9(14)15)5-6-18-4/h8H,5-7H2,1-4H3,(H,14,15)(H2,12,13,16). The second kappa shape index (κ2) is 8.20. The molecule has 0 aromatic carbocycles. The molecule has 0 spiro atoms. The lowest BCUT2D eigenvalue weighted by molar-refractivity contribution is -0.139. The zero-order chi connectivity index (χ0) is 14.2. The van der Waals surface area contributed by atoms with Crippen LogP contribution in [0.15, 0.2) is 0 Å². The Morgan fingerprint density at radius 2 is 2.06 bits per heavy atom. The minimum atomic E-state index is -1.02. The molecule has 0 saturated heterocycles. The molecule has 3 N–H and O–H groups in total. The van der Waals surface area contributed by atoms with E-state index in [1.54, 1.807) is 32.7 Å². The van der Waals surface area contributed by atoms with Gasteiger partial charge < -0.3 is 20.5 Å². The predicted octanol–water partition coefficient (Wildman–Crippen LogP) is 0.917. The van der Waals surface area contributed by atoms with E-state index in [1.165, 1.54) is 0 Å². The van der Waals surface area contributed by atoms with Gasteiger partial charge in [-0.3, -0.25) is 0 Å². The first-order valence-electron chi connectivity index (χ1n) is 5.61. The molecule has 0 aliphatic rings. The number of methoxy groups -OCH3 is 1. The summed E-state index contributed by atoms with van der Waals surface area (Å²) in [5.74, 6) is -0.345.